The maximum atomic E-state index is 11.5. The predicted molar refractivity (Wildman–Crippen MR) is 50.3 cm³/mol. The lowest BCUT2D eigenvalue weighted by Crippen LogP contribution is -2.56. The molecule has 0 radical (unpaired) electrons. The highest BCUT2D eigenvalue weighted by molar-refractivity contribution is 5.75. The Hall–Kier alpha value is -0.770. The molecule has 0 spiro atoms. The van der Waals surface area contributed by atoms with Crippen LogP contribution in [0.5, 0.6) is 0 Å². The summed E-state index contributed by atoms with van der Waals surface area (Å²) >= 11 is 0. The average molecular weight is 183 g/mol. The van der Waals surface area contributed by atoms with E-state index in [1.165, 1.54) is 6.42 Å². The van der Waals surface area contributed by atoms with Crippen LogP contribution in [0.2, 0.25) is 0 Å². The van der Waals surface area contributed by atoms with E-state index in [4.69, 9.17) is 0 Å². The maximum absolute atomic E-state index is 11.5. The van der Waals surface area contributed by atoms with Crippen LogP contribution in [0, 0.1) is 5.92 Å². The predicted octanol–water partition coefficient (Wildman–Crippen LogP) is 0.357. The highest BCUT2D eigenvalue weighted by Gasteiger charge is 2.30. The van der Waals surface area contributed by atoms with Gasteiger partial charge in [-0.25, -0.2) is 4.79 Å². The van der Waals surface area contributed by atoms with Gasteiger partial charge in [0.25, 0.3) is 0 Å². The Morgan fingerprint density at radius 3 is 3.08 bits per heavy atom. The second kappa shape index (κ2) is 3.54. The molecule has 2 aliphatic heterocycles. The van der Waals surface area contributed by atoms with Crippen LogP contribution in [0.1, 0.15) is 19.8 Å². The Balaban J connectivity index is 1.98. The summed E-state index contributed by atoms with van der Waals surface area (Å²) in [6, 6.07) is 0.0949. The van der Waals surface area contributed by atoms with Gasteiger partial charge in [-0.2, -0.15) is 0 Å². The topological polar surface area (TPSA) is 44.4 Å². The van der Waals surface area contributed by atoms with E-state index in [2.05, 4.69) is 17.6 Å². The Kier molecular flexibility index (Phi) is 2.40. The molecule has 74 valence electrons. The summed E-state index contributed by atoms with van der Waals surface area (Å²) in [5.41, 5.74) is 0. The molecule has 2 heterocycles. The number of nitrogens with zero attached hydrogens (tertiary/aromatic N) is 1. The first-order valence-electron chi connectivity index (χ1n) is 5.05. The number of carbonyl (C=O) groups excluding carboxylic acids is 1. The van der Waals surface area contributed by atoms with Gasteiger partial charge in [0.1, 0.15) is 0 Å². The van der Waals surface area contributed by atoms with Crippen LogP contribution in [0.25, 0.3) is 0 Å². The van der Waals surface area contributed by atoms with Crippen molar-refractivity contribution >= 4 is 6.03 Å². The Bertz CT molecular complexity index is 201. The van der Waals surface area contributed by atoms with E-state index in [0.29, 0.717) is 5.92 Å². The van der Waals surface area contributed by atoms with Crippen molar-refractivity contribution in [3.8, 4) is 0 Å². The Morgan fingerprint density at radius 1 is 1.54 bits per heavy atom. The van der Waals surface area contributed by atoms with Crippen molar-refractivity contribution in [1.82, 2.24) is 15.5 Å². The van der Waals surface area contributed by atoms with E-state index in [0.717, 1.165) is 26.1 Å². The highest BCUT2D eigenvalue weighted by atomic mass is 16.2. The van der Waals surface area contributed by atoms with Crippen LogP contribution in [-0.2, 0) is 0 Å². The number of hydrogen-bond donors (Lipinski definition) is 2. The van der Waals surface area contributed by atoms with E-state index >= 15 is 0 Å². The zero-order valence-electron chi connectivity index (χ0n) is 8.05. The molecule has 0 bridgehead atoms. The van der Waals surface area contributed by atoms with Crippen molar-refractivity contribution in [3.05, 3.63) is 0 Å². The molecule has 4 nitrogen and oxygen atoms in total. The summed E-state index contributed by atoms with van der Waals surface area (Å²) in [5, 5.41) is 6.25. The lowest BCUT2D eigenvalue weighted by atomic mass is 10.1. The minimum atomic E-state index is 0.0949. The lowest BCUT2D eigenvalue weighted by Gasteiger charge is -2.35. The molecule has 0 aromatic rings. The summed E-state index contributed by atoms with van der Waals surface area (Å²) < 4.78 is 0. The minimum absolute atomic E-state index is 0.0949. The summed E-state index contributed by atoms with van der Waals surface area (Å²) in [6.45, 7) is 4.93. The minimum Gasteiger partial charge on any atom is -0.338 e. The SMILES string of the molecule is CC1CNC(=O)N(C2CCCN2)C1. The van der Waals surface area contributed by atoms with E-state index in [1.807, 2.05) is 4.90 Å². The second-order valence-electron chi connectivity index (χ2n) is 4.06. The smallest absolute Gasteiger partial charge is 0.318 e. The third-order valence-corrected chi connectivity index (χ3v) is 2.78. The van der Waals surface area contributed by atoms with Crippen molar-refractivity contribution in [2.75, 3.05) is 19.6 Å². The zero-order valence-corrected chi connectivity index (χ0v) is 8.05. The second-order valence-corrected chi connectivity index (χ2v) is 4.06. The summed E-state index contributed by atoms with van der Waals surface area (Å²) in [6.07, 6.45) is 2.56. The van der Waals surface area contributed by atoms with E-state index < -0.39 is 0 Å². The first-order chi connectivity index (χ1) is 6.27. The van der Waals surface area contributed by atoms with Crippen LogP contribution in [0.3, 0.4) is 0 Å². The molecule has 2 aliphatic rings. The molecule has 2 saturated heterocycles. The molecule has 2 fully saturated rings. The number of urea groups is 1. The Labute approximate surface area is 78.7 Å². The zero-order chi connectivity index (χ0) is 9.26. The fourth-order valence-electron chi connectivity index (χ4n) is 2.05. The monoisotopic (exact) mass is 183 g/mol. The van der Waals surface area contributed by atoms with E-state index in [-0.39, 0.29) is 12.2 Å². The van der Waals surface area contributed by atoms with Gasteiger partial charge in [-0.3, -0.25) is 5.32 Å². The molecule has 0 aromatic heterocycles. The van der Waals surface area contributed by atoms with Crippen LogP contribution in [0.15, 0.2) is 0 Å². The molecule has 2 N–H and O–H groups in total. The highest BCUT2D eigenvalue weighted by Crippen LogP contribution is 2.15. The van der Waals surface area contributed by atoms with Gasteiger partial charge in [-0.1, -0.05) is 6.92 Å². The van der Waals surface area contributed by atoms with Gasteiger partial charge >= 0.3 is 6.03 Å². The van der Waals surface area contributed by atoms with Crippen molar-refractivity contribution in [3.63, 3.8) is 0 Å². The van der Waals surface area contributed by atoms with Gasteiger partial charge < -0.3 is 10.2 Å². The molecule has 0 aliphatic carbocycles. The van der Waals surface area contributed by atoms with Crippen LogP contribution in [-0.4, -0.2) is 36.7 Å². The fraction of sp³-hybridized carbons (Fsp3) is 0.889. The number of nitrogens with one attached hydrogen (secondary N) is 2. The summed E-state index contributed by atoms with van der Waals surface area (Å²) in [5.74, 6) is 0.570. The van der Waals surface area contributed by atoms with Crippen LogP contribution < -0.4 is 10.6 Å². The summed E-state index contributed by atoms with van der Waals surface area (Å²) in [4.78, 5) is 13.4. The molecule has 13 heavy (non-hydrogen) atoms. The molecule has 2 atom stereocenters. The molecule has 2 amide bonds. The lowest BCUT2D eigenvalue weighted by molar-refractivity contribution is 0.138. The molecular weight excluding hydrogens is 166 g/mol. The van der Waals surface area contributed by atoms with Crippen molar-refractivity contribution in [2.45, 2.75) is 25.9 Å². The third kappa shape index (κ3) is 1.77. The van der Waals surface area contributed by atoms with Gasteiger partial charge in [0.2, 0.25) is 0 Å². The van der Waals surface area contributed by atoms with Gasteiger partial charge in [-0.05, 0) is 25.3 Å². The van der Waals surface area contributed by atoms with Gasteiger partial charge in [0.05, 0.1) is 6.17 Å². The molecule has 4 heteroatoms. The number of amides is 2. The molecule has 0 aromatic carbocycles. The molecule has 2 rings (SSSR count). The molecule has 0 saturated carbocycles. The van der Waals surface area contributed by atoms with Crippen molar-refractivity contribution in [2.24, 2.45) is 5.92 Å². The van der Waals surface area contributed by atoms with E-state index in [1.54, 1.807) is 0 Å². The van der Waals surface area contributed by atoms with Crippen molar-refractivity contribution < 1.29 is 4.79 Å². The van der Waals surface area contributed by atoms with Gasteiger partial charge in [0.15, 0.2) is 0 Å². The third-order valence-electron chi connectivity index (χ3n) is 2.78. The quantitative estimate of drug-likeness (QED) is 0.616. The maximum Gasteiger partial charge on any atom is 0.318 e. The van der Waals surface area contributed by atoms with Crippen LogP contribution >= 0.6 is 0 Å². The Morgan fingerprint density at radius 2 is 2.38 bits per heavy atom. The fourth-order valence-corrected chi connectivity index (χ4v) is 2.05. The van der Waals surface area contributed by atoms with Gasteiger partial charge in [0, 0.05) is 13.1 Å². The van der Waals surface area contributed by atoms with Gasteiger partial charge in [-0.15, -0.1) is 0 Å². The van der Waals surface area contributed by atoms with E-state index in [9.17, 15) is 4.79 Å². The van der Waals surface area contributed by atoms with Crippen molar-refractivity contribution in [1.29, 1.82) is 0 Å². The normalized spacial score (nSPS) is 34.8. The first kappa shape index (κ1) is 8.81. The first-order valence-corrected chi connectivity index (χ1v) is 5.05. The van der Waals surface area contributed by atoms with Crippen LogP contribution in [0.4, 0.5) is 4.79 Å². The number of hydrogen-bond acceptors (Lipinski definition) is 2. The largest absolute Gasteiger partial charge is 0.338 e. The molecular formula is C9H17N3O. The standard InChI is InChI=1S/C9H17N3O/c1-7-5-11-9(13)12(6-7)8-3-2-4-10-8/h7-8,10H,2-6H2,1H3,(H,11,13). The summed E-state index contributed by atoms with van der Waals surface area (Å²) in [7, 11) is 0. The number of rotatable bonds is 1. The number of carbonyl (C=O) groups is 1. The average Bonchev–Trinajstić information content (AvgIpc) is 2.61. The molecule has 2 unspecified atom stereocenters.